The number of rotatable bonds is 41. The standard InChI is InChI=1S/C52H89O13P/c1-3-5-7-9-11-13-15-17-19-21-23-25-27-29-31-33-35-37-39-41-46(54)64-44(43-63-66(60,61)65-52-50(58)48(56)47(55)49(57)51(52)59)42-62-45(53)40-38-36-34-32-30-28-26-24-22-20-18-16-14-12-10-8-6-4-2/h5,7,11,13,17,19,23,25,29,31,35,37,44,47-52,55-59H,3-4,6,8-10,12,14-16,18,20-22,24,26-28,30,32-34,36,38-43H2,1-2H3,(H,60,61)/b7-5-,13-11-,19-17-,25-23-,31-29-,37-35-. The highest BCUT2D eigenvalue weighted by atomic mass is 31.2. The van der Waals surface area contributed by atoms with Gasteiger partial charge in [0.15, 0.2) is 6.10 Å². The molecule has 380 valence electrons. The Kier molecular flexibility index (Phi) is 38.3. The first-order valence-corrected chi connectivity index (χ1v) is 26.7. The van der Waals surface area contributed by atoms with Gasteiger partial charge in [0.25, 0.3) is 0 Å². The summed E-state index contributed by atoms with van der Waals surface area (Å²) in [5.74, 6) is -1.20. The quantitative estimate of drug-likeness (QED) is 0.0146. The summed E-state index contributed by atoms with van der Waals surface area (Å²) in [6.07, 6.45) is 39.6. The third-order valence-corrected chi connectivity index (χ3v) is 12.3. The van der Waals surface area contributed by atoms with Gasteiger partial charge < -0.3 is 39.9 Å². The van der Waals surface area contributed by atoms with Crippen molar-refractivity contribution in [1.29, 1.82) is 0 Å². The number of ether oxygens (including phenoxy) is 2. The van der Waals surface area contributed by atoms with Gasteiger partial charge >= 0.3 is 19.8 Å². The van der Waals surface area contributed by atoms with Crippen molar-refractivity contribution < 1.29 is 63.1 Å². The molecule has 13 nitrogen and oxygen atoms in total. The number of carbonyl (C=O) groups excluding carboxylic acids is 2. The van der Waals surface area contributed by atoms with E-state index in [4.69, 9.17) is 18.5 Å². The van der Waals surface area contributed by atoms with Gasteiger partial charge in [0.1, 0.15) is 43.2 Å². The van der Waals surface area contributed by atoms with E-state index >= 15 is 0 Å². The van der Waals surface area contributed by atoms with E-state index in [1.165, 1.54) is 89.9 Å². The summed E-state index contributed by atoms with van der Waals surface area (Å²) in [5, 5.41) is 50.2. The van der Waals surface area contributed by atoms with E-state index in [0.29, 0.717) is 19.3 Å². The lowest BCUT2D eigenvalue weighted by Gasteiger charge is -2.41. The molecular formula is C52H89O13P. The van der Waals surface area contributed by atoms with E-state index in [9.17, 15) is 44.6 Å². The highest BCUT2D eigenvalue weighted by Crippen LogP contribution is 2.47. The third-order valence-electron chi connectivity index (χ3n) is 11.3. The number of aliphatic hydroxyl groups excluding tert-OH is 5. The lowest BCUT2D eigenvalue weighted by atomic mass is 9.85. The number of allylic oxidation sites excluding steroid dienone is 12. The van der Waals surface area contributed by atoms with Crippen molar-refractivity contribution in [3.63, 3.8) is 0 Å². The number of hydrogen-bond donors (Lipinski definition) is 6. The van der Waals surface area contributed by atoms with Gasteiger partial charge in [-0.1, -0.05) is 196 Å². The van der Waals surface area contributed by atoms with Crippen molar-refractivity contribution >= 4 is 19.8 Å². The molecule has 1 fully saturated rings. The predicted octanol–water partition coefficient (Wildman–Crippen LogP) is 10.7. The fraction of sp³-hybridized carbons (Fsp3) is 0.731. The topological polar surface area (TPSA) is 210 Å². The zero-order valence-electron chi connectivity index (χ0n) is 40.5. The van der Waals surface area contributed by atoms with Crippen molar-refractivity contribution in [2.45, 2.75) is 230 Å². The van der Waals surface area contributed by atoms with Crippen LogP contribution in [0.4, 0.5) is 0 Å². The fourth-order valence-electron chi connectivity index (χ4n) is 7.31. The van der Waals surface area contributed by atoms with E-state index < -0.39 is 75.7 Å². The Morgan fingerprint density at radius 1 is 0.485 bits per heavy atom. The van der Waals surface area contributed by atoms with Gasteiger partial charge in [0.2, 0.25) is 0 Å². The molecule has 1 aliphatic carbocycles. The molecule has 1 rings (SSSR count). The maximum absolute atomic E-state index is 12.8. The molecule has 0 aliphatic heterocycles. The molecule has 1 saturated carbocycles. The molecule has 0 aromatic heterocycles. The van der Waals surface area contributed by atoms with E-state index in [2.05, 4.69) is 68.5 Å². The van der Waals surface area contributed by atoms with Crippen LogP contribution in [-0.2, 0) is 32.7 Å². The van der Waals surface area contributed by atoms with E-state index in [-0.39, 0.29) is 12.8 Å². The summed E-state index contributed by atoms with van der Waals surface area (Å²) in [6, 6.07) is 0. The van der Waals surface area contributed by atoms with Crippen molar-refractivity contribution in [1.82, 2.24) is 0 Å². The Balaban J connectivity index is 2.47. The van der Waals surface area contributed by atoms with E-state index in [1.54, 1.807) is 0 Å². The molecule has 0 saturated heterocycles. The van der Waals surface area contributed by atoms with Crippen molar-refractivity contribution in [3.05, 3.63) is 72.9 Å². The Bertz CT molecular complexity index is 1430. The summed E-state index contributed by atoms with van der Waals surface area (Å²) in [6.45, 7) is 3.14. The van der Waals surface area contributed by atoms with Gasteiger partial charge in [0, 0.05) is 12.8 Å². The van der Waals surface area contributed by atoms with Gasteiger partial charge in [-0.15, -0.1) is 0 Å². The second-order valence-corrected chi connectivity index (χ2v) is 18.7. The van der Waals surface area contributed by atoms with Crippen LogP contribution in [0.1, 0.15) is 187 Å². The Labute approximate surface area is 397 Å². The first kappa shape index (κ1) is 61.3. The molecular weight excluding hydrogens is 864 g/mol. The van der Waals surface area contributed by atoms with Gasteiger partial charge in [-0.25, -0.2) is 4.57 Å². The predicted molar refractivity (Wildman–Crippen MR) is 262 cm³/mol. The van der Waals surface area contributed by atoms with Gasteiger partial charge in [-0.3, -0.25) is 18.6 Å². The summed E-state index contributed by atoms with van der Waals surface area (Å²) in [5.41, 5.74) is 0. The molecule has 0 radical (unpaired) electrons. The van der Waals surface area contributed by atoms with Crippen LogP contribution >= 0.6 is 7.82 Å². The second kappa shape index (κ2) is 41.3. The van der Waals surface area contributed by atoms with Crippen LogP contribution in [0.25, 0.3) is 0 Å². The Hall–Kier alpha value is -2.71. The van der Waals surface area contributed by atoms with Crippen LogP contribution in [0.15, 0.2) is 72.9 Å². The molecule has 0 amide bonds. The van der Waals surface area contributed by atoms with Crippen molar-refractivity contribution in [2.24, 2.45) is 0 Å². The van der Waals surface area contributed by atoms with Gasteiger partial charge in [-0.2, -0.15) is 0 Å². The maximum Gasteiger partial charge on any atom is 0.472 e. The number of aliphatic hydroxyl groups is 5. The first-order valence-electron chi connectivity index (χ1n) is 25.2. The molecule has 6 N–H and O–H groups in total. The lowest BCUT2D eigenvalue weighted by Crippen LogP contribution is -2.64. The van der Waals surface area contributed by atoms with Crippen LogP contribution in [0.2, 0.25) is 0 Å². The van der Waals surface area contributed by atoms with E-state index in [0.717, 1.165) is 51.4 Å². The minimum atomic E-state index is -5.14. The average molecular weight is 953 g/mol. The number of hydrogen-bond acceptors (Lipinski definition) is 12. The van der Waals surface area contributed by atoms with Crippen molar-refractivity contribution in [3.8, 4) is 0 Å². The second-order valence-electron chi connectivity index (χ2n) is 17.3. The van der Waals surface area contributed by atoms with Crippen LogP contribution in [0.3, 0.4) is 0 Å². The molecule has 6 atom stereocenters. The zero-order chi connectivity index (χ0) is 48.5. The first-order chi connectivity index (χ1) is 31.9. The maximum atomic E-state index is 12.8. The third kappa shape index (κ3) is 32.9. The summed E-state index contributed by atoms with van der Waals surface area (Å²) < 4.78 is 33.5. The molecule has 0 spiro atoms. The fourth-order valence-corrected chi connectivity index (χ4v) is 8.29. The summed E-state index contributed by atoms with van der Waals surface area (Å²) >= 11 is 0. The molecule has 0 heterocycles. The lowest BCUT2D eigenvalue weighted by molar-refractivity contribution is -0.220. The van der Waals surface area contributed by atoms with Crippen LogP contribution in [0.5, 0.6) is 0 Å². The smallest absolute Gasteiger partial charge is 0.462 e. The van der Waals surface area contributed by atoms with Gasteiger partial charge in [-0.05, 0) is 51.4 Å². The van der Waals surface area contributed by atoms with Crippen molar-refractivity contribution in [2.75, 3.05) is 13.2 Å². The highest BCUT2D eigenvalue weighted by Gasteiger charge is 2.51. The largest absolute Gasteiger partial charge is 0.472 e. The zero-order valence-corrected chi connectivity index (χ0v) is 41.4. The Morgan fingerprint density at radius 2 is 0.864 bits per heavy atom. The van der Waals surface area contributed by atoms with E-state index in [1.807, 2.05) is 18.2 Å². The molecule has 14 heteroatoms. The molecule has 66 heavy (non-hydrogen) atoms. The molecule has 1 aliphatic rings. The molecule has 0 bridgehead atoms. The highest BCUT2D eigenvalue weighted by molar-refractivity contribution is 7.47. The van der Waals surface area contributed by atoms with Crippen LogP contribution in [0, 0.1) is 0 Å². The minimum absolute atomic E-state index is 0.0300. The monoisotopic (exact) mass is 953 g/mol. The summed E-state index contributed by atoms with van der Waals surface area (Å²) in [4.78, 5) is 35.8. The number of unbranched alkanes of at least 4 members (excludes halogenated alkanes) is 17. The number of carbonyl (C=O) groups is 2. The normalized spacial score (nSPS) is 21.9. The number of esters is 2. The Morgan fingerprint density at radius 3 is 1.29 bits per heavy atom. The SMILES string of the molecule is CC/C=C\C/C=C\C/C=C\C/C=C\C/C=C\C/C=C\CCC(=O)OC(COC(=O)CCCCCCCCCCCCCCCCCCCC)COP(=O)(O)OC1C(O)C(O)C(O)C(O)C1O. The van der Waals surface area contributed by atoms with Gasteiger partial charge in [0.05, 0.1) is 6.61 Å². The molecule has 0 aromatic rings. The van der Waals surface area contributed by atoms with Crippen LogP contribution < -0.4 is 0 Å². The number of phosphoric ester groups is 1. The number of phosphoric acid groups is 1. The average Bonchev–Trinajstić information content (AvgIpc) is 3.30. The van der Waals surface area contributed by atoms with Crippen LogP contribution in [-0.4, -0.2) is 98.3 Å². The molecule has 0 aromatic carbocycles. The minimum Gasteiger partial charge on any atom is -0.462 e. The summed E-state index contributed by atoms with van der Waals surface area (Å²) in [7, 11) is -5.14. The molecule has 6 unspecified atom stereocenters.